The monoisotopic (exact) mass is 409 g/mol. The second-order valence-electron chi connectivity index (χ2n) is 6.30. The largest absolute Gasteiger partial charge is 0.493 e. The molecule has 7 nitrogen and oxygen atoms in total. The van der Waals surface area contributed by atoms with Crippen LogP contribution in [0.5, 0.6) is 17.2 Å². The number of aliphatic hydroxyl groups excluding tert-OH is 1. The molecule has 0 heterocycles. The molecule has 2 N–H and O–H groups in total. The fourth-order valence-electron chi connectivity index (χ4n) is 2.89. The second kappa shape index (κ2) is 9.27. The van der Waals surface area contributed by atoms with Gasteiger partial charge in [0.05, 0.1) is 31.8 Å². The molecule has 2 aromatic carbocycles. The van der Waals surface area contributed by atoms with E-state index in [9.17, 15) is 13.5 Å². The van der Waals surface area contributed by atoms with Crippen LogP contribution < -0.4 is 18.9 Å². The highest BCUT2D eigenvalue weighted by atomic mass is 32.2. The maximum atomic E-state index is 12.7. The summed E-state index contributed by atoms with van der Waals surface area (Å²) in [6.45, 7) is 5.80. The average molecular weight is 410 g/mol. The predicted molar refractivity (Wildman–Crippen MR) is 107 cm³/mol. The van der Waals surface area contributed by atoms with Gasteiger partial charge in [0.2, 0.25) is 10.0 Å². The smallest absolute Gasteiger partial charge is 0.240 e. The van der Waals surface area contributed by atoms with Crippen molar-refractivity contribution in [3.8, 4) is 17.2 Å². The van der Waals surface area contributed by atoms with E-state index in [0.717, 1.165) is 11.1 Å². The quantitative estimate of drug-likeness (QED) is 0.661. The minimum absolute atomic E-state index is 0.130. The number of hydrogen-bond donors (Lipinski definition) is 2. The van der Waals surface area contributed by atoms with E-state index in [4.69, 9.17) is 14.2 Å². The third-order valence-corrected chi connectivity index (χ3v) is 5.69. The van der Waals surface area contributed by atoms with Crippen molar-refractivity contribution >= 4 is 10.0 Å². The molecule has 0 bridgehead atoms. The Hall–Kier alpha value is -2.29. The first kappa shape index (κ1) is 22.0. The van der Waals surface area contributed by atoms with Crippen molar-refractivity contribution < 1.29 is 27.7 Å². The number of rotatable bonds is 9. The summed E-state index contributed by atoms with van der Waals surface area (Å²) in [6.07, 6.45) is -1.04. The van der Waals surface area contributed by atoms with Crippen LogP contribution in [0.4, 0.5) is 0 Å². The first-order valence-electron chi connectivity index (χ1n) is 8.87. The summed E-state index contributed by atoms with van der Waals surface area (Å²) < 4.78 is 43.7. The van der Waals surface area contributed by atoms with E-state index >= 15 is 0 Å². The molecule has 0 amide bonds. The van der Waals surface area contributed by atoms with E-state index in [-0.39, 0.29) is 11.4 Å². The lowest BCUT2D eigenvalue weighted by atomic mass is 10.1. The van der Waals surface area contributed by atoms with E-state index in [0.29, 0.717) is 29.4 Å². The molecule has 0 saturated carbocycles. The molecule has 0 saturated heterocycles. The number of aliphatic hydroxyl groups is 1. The Balaban J connectivity index is 2.17. The molecule has 1 atom stereocenters. The van der Waals surface area contributed by atoms with Gasteiger partial charge in [0, 0.05) is 6.54 Å². The zero-order chi connectivity index (χ0) is 20.9. The van der Waals surface area contributed by atoms with Crippen molar-refractivity contribution in [2.45, 2.75) is 31.8 Å². The van der Waals surface area contributed by atoms with Crippen LogP contribution in [-0.4, -0.2) is 40.9 Å². The molecule has 2 rings (SSSR count). The van der Waals surface area contributed by atoms with Gasteiger partial charge in [-0.1, -0.05) is 6.07 Å². The molecule has 0 aliphatic heterocycles. The summed E-state index contributed by atoms with van der Waals surface area (Å²) in [4.78, 5) is 0.130. The Kier molecular flexibility index (Phi) is 7.29. The van der Waals surface area contributed by atoms with Gasteiger partial charge in [0.15, 0.2) is 11.5 Å². The molecule has 0 aromatic heterocycles. The molecule has 1 unspecified atom stereocenters. The van der Waals surface area contributed by atoms with Crippen LogP contribution >= 0.6 is 0 Å². The van der Waals surface area contributed by atoms with Gasteiger partial charge in [-0.3, -0.25) is 0 Å². The standard InChI is InChI=1S/C20H27NO6S/c1-6-27-20-13(2)9-16(10-14(20)3)28(23,24)21-12-17(22)15-7-8-18(25-4)19(11-15)26-5/h7-11,17,21-22H,6,12H2,1-5H3. The molecular formula is C20H27NO6S. The van der Waals surface area contributed by atoms with E-state index < -0.39 is 16.1 Å². The summed E-state index contributed by atoms with van der Waals surface area (Å²) in [6, 6.07) is 8.05. The number of benzene rings is 2. The molecule has 0 spiro atoms. The highest BCUT2D eigenvalue weighted by Crippen LogP contribution is 2.30. The maximum Gasteiger partial charge on any atom is 0.240 e. The van der Waals surface area contributed by atoms with Gasteiger partial charge in [-0.25, -0.2) is 13.1 Å². The van der Waals surface area contributed by atoms with Crippen molar-refractivity contribution in [2.75, 3.05) is 27.4 Å². The lowest BCUT2D eigenvalue weighted by molar-refractivity contribution is 0.181. The summed E-state index contributed by atoms with van der Waals surface area (Å²) in [7, 11) is -0.780. The van der Waals surface area contributed by atoms with Crippen molar-refractivity contribution in [1.82, 2.24) is 4.72 Å². The molecule has 154 valence electrons. The third kappa shape index (κ3) is 4.95. The van der Waals surface area contributed by atoms with E-state index in [1.165, 1.54) is 14.2 Å². The Labute approximate surface area is 166 Å². The highest BCUT2D eigenvalue weighted by molar-refractivity contribution is 7.89. The van der Waals surface area contributed by atoms with Crippen molar-refractivity contribution in [3.05, 3.63) is 47.0 Å². The molecule has 0 aliphatic carbocycles. The van der Waals surface area contributed by atoms with Crippen LogP contribution in [0.15, 0.2) is 35.2 Å². The van der Waals surface area contributed by atoms with Crippen LogP contribution in [0.3, 0.4) is 0 Å². The van der Waals surface area contributed by atoms with Crippen molar-refractivity contribution in [3.63, 3.8) is 0 Å². The summed E-state index contributed by atoms with van der Waals surface area (Å²) >= 11 is 0. The van der Waals surface area contributed by atoms with Gasteiger partial charge in [-0.2, -0.15) is 0 Å². The second-order valence-corrected chi connectivity index (χ2v) is 8.07. The van der Waals surface area contributed by atoms with Gasteiger partial charge in [-0.05, 0) is 61.7 Å². The van der Waals surface area contributed by atoms with E-state index in [1.54, 1.807) is 44.2 Å². The Bertz CT molecular complexity index is 903. The number of nitrogens with one attached hydrogen (secondary N) is 1. The molecule has 0 fully saturated rings. The maximum absolute atomic E-state index is 12.7. The minimum atomic E-state index is -3.79. The van der Waals surface area contributed by atoms with Crippen LogP contribution in [0, 0.1) is 13.8 Å². The number of aryl methyl sites for hydroxylation is 2. The fraction of sp³-hybridized carbons (Fsp3) is 0.400. The Morgan fingerprint density at radius 2 is 1.64 bits per heavy atom. The lowest BCUT2D eigenvalue weighted by Crippen LogP contribution is -2.28. The van der Waals surface area contributed by atoms with Crippen molar-refractivity contribution in [1.29, 1.82) is 0 Å². The Morgan fingerprint density at radius 3 is 2.18 bits per heavy atom. The number of methoxy groups -OCH3 is 2. The molecule has 0 radical (unpaired) electrons. The normalized spacial score (nSPS) is 12.5. The van der Waals surface area contributed by atoms with Gasteiger partial charge >= 0.3 is 0 Å². The first-order valence-corrected chi connectivity index (χ1v) is 10.4. The summed E-state index contributed by atoms with van der Waals surface area (Å²) in [5, 5.41) is 10.4. The number of sulfonamides is 1. The SMILES string of the molecule is CCOc1c(C)cc(S(=O)(=O)NCC(O)c2ccc(OC)c(OC)c2)cc1C. The predicted octanol–water partition coefficient (Wildman–Crippen LogP) is 2.73. The summed E-state index contributed by atoms with van der Waals surface area (Å²) in [5.74, 6) is 1.67. The van der Waals surface area contributed by atoms with Crippen LogP contribution in [0.25, 0.3) is 0 Å². The highest BCUT2D eigenvalue weighted by Gasteiger charge is 2.20. The fourth-order valence-corrected chi connectivity index (χ4v) is 4.10. The first-order chi connectivity index (χ1) is 13.2. The van der Waals surface area contributed by atoms with Crippen LogP contribution in [0.1, 0.15) is 29.7 Å². The number of ether oxygens (including phenoxy) is 3. The van der Waals surface area contributed by atoms with E-state index in [2.05, 4.69) is 4.72 Å². The molecule has 8 heteroatoms. The molecule has 0 aliphatic rings. The molecular weight excluding hydrogens is 382 g/mol. The minimum Gasteiger partial charge on any atom is -0.493 e. The average Bonchev–Trinajstić information content (AvgIpc) is 2.68. The zero-order valence-corrected chi connectivity index (χ0v) is 17.6. The Morgan fingerprint density at radius 1 is 1.04 bits per heavy atom. The molecule has 28 heavy (non-hydrogen) atoms. The zero-order valence-electron chi connectivity index (χ0n) is 16.8. The van der Waals surface area contributed by atoms with Crippen LogP contribution in [0.2, 0.25) is 0 Å². The van der Waals surface area contributed by atoms with E-state index in [1.807, 2.05) is 6.92 Å². The lowest BCUT2D eigenvalue weighted by Gasteiger charge is -2.16. The van der Waals surface area contributed by atoms with Crippen molar-refractivity contribution in [2.24, 2.45) is 0 Å². The molecule has 2 aromatic rings. The van der Waals surface area contributed by atoms with Gasteiger partial charge in [0.1, 0.15) is 5.75 Å². The number of hydrogen-bond acceptors (Lipinski definition) is 6. The third-order valence-electron chi connectivity index (χ3n) is 4.29. The summed E-state index contributed by atoms with van der Waals surface area (Å²) in [5.41, 5.74) is 1.99. The van der Waals surface area contributed by atoms with Gasteiger partial charge < -0.3 is 19.3 Å². The van der Waals surface area contributed by atoms with Crippen LogP contribution in [-0.2, 0) is 10.0 Å². The van der Waals surface area contributed by atoms with Gasteiger partial charge in [0.25, 0.3) is 0 Å². The van der Waals surface area contributed by atoms with Gasteiger partial charge in [-0.15, -0.1) is 0 Å². The topological polar surface area (TPSA) is 94.1 Å².